The van der Waals surface area contributed by atoms with Crippen LogP contribution in [0, 0.1) is 5.82 Å². The SMILES string of the molecule is COc1ccc2c(-c3ccc(CNS(=O)O)c(F)c3)ccnc2c1. The minimum absolute atomic E-state index is 0.0243. The molecule has 2 aromatic carbocycles. The Morgan fingerprint density at radius 2 is 2.08 bits per heavy atom. The number of nitrogens with one attached hydrogen (secondary N) is 1. The van der Waals surface area contributed by atoms with E-state index in [9.17, 15) is 8.60 Å². The number of pyridine rings is 1. The van der Waals surface area contributed by atoms with Gasteiger partial charge in [-0.05, 0) is 35.4 Å². The van der Waals surface area contributed by atoms with Crippen molar-refractivity contribution in [1.29, 1.82) is 0 Å². The zero-order valence-electron chi connectivity index (χ0n) is 12.8. The van der Waals surface area contributed by atoms with Gasteiger partial charge in [0.15, 0.2) is 0 Å². The van der Waals surface area contributed by atoms with Gasteiger partial charge in [0, 0.05) is 29.8 Å². The molecule has 0 radical (unpaired) electrons. The lowest BCUT2D eigenvalue weighted by atomic mass is 10.00. The van der Waals surface area contributed by atoms with Gasteiger partial charge in [-0.25, -0.2) is 13.3 Å². The lowest BCUT2D eigenvalue weighted by Crippen LogP contribution is -2.16. The molecule has 124 valence electrons. The number of hydrogen-bond acceptors (Lipinski definition) is 3. The second-order valence-corrected chi connectivity index (χ2v) is 5.91. The van der Waals surface area contributed by atoms with Crippen LogP contribution in [-0.2, 0) is 17.8 Å². The average Bonchev–Trinajstić information content (AvgIpc) is 2.59. The summed E-state index contributed by atoms with van der Waals surface area (Å²) < 4.78 is 41.1. The van der Waals surface area contributed by atoms with Gasteiger partial charge in [-0.3, -0.25) is 9.54 Å². The number of methoxy groups -OCH3 is 1. The molecule has 2 N–H and O–H groups in total. The number of fused-ring (bicyclic) bond motifs is 1. The molecule has 1 heterocycles. The number of hydrogen-bond donors (Lipinski definition) is 2. The van der Waals surface area contributed by atoms with Gasteiger partial charge in [0.1, 0.15) is 11.6 Å². The van der Waals surface area contributed by atoms with E-state index in [1.54, 1.807) is 25.4 Å². The molecule has 0 aliphatic heterocycles. The largest absolute Gasteiger partial charge is 0.497 e. The van der Waals surface area contributed by atoms with Crippen LogP contribution in [0.3, 0.4) is 0 Å². The maximum absolute atomic E-state index is 14.2. The van der Waals surface area contributed by atoms with Gasteiger partial charge in [-0.15, -0.1) is 0 Å². The van der Waals surface area contributed by atoms with Gasteiger partial charge in [0.25, 0.3) is 0 Å². The Labute approximate surface area is 140 Å². The van der Waals surface area contributed by atoms with E-state index < -0.39 is 17.1 Å². The molecule has 0 fully saturated rings. The first-order valence-corrected chi connectivity index (χ1v) is 8.25. The highest BCUT2D eigenvalue weighted by atomic mass is 32.2. The fraction of sp³-hybridized carbons (Fsp3) is 0.118. The number of rotatable bonds is 5. The number of ether oxygens (including phenoxy) is 1. The van der Waals surface area contributed by atoms with Crippen molar-refractivity contribution in [2.45, 2.75) is 6.54 Å². The fourth-order valence-electron chi connectivity index (χ4n) is 2.50. The molecule has 0 aliphatic carbocycles. The molecule has 0 bridgehead atoms. The van der Waals surface area contributed by atoms with Gasteiger partial charge in [0.2, 0.25) is 11.3 Å². The van der Waals surface area contributed by atoms with Crippen molar-refractivity contribution in [3.05, 3.63) is 60.0 Å². The predicted molar refractivity (Wildman–Crippen MR) is 91.3 cm³/mol. The average molecular weight is 346 g/mol. The Hall–Kier alpha value is -2.35. The molecular formula is C17H15FN2O3S. The molecule has 24 heavy (non-hydrogen) atoms. The lowest BCUT2D eigenvalue weighted by molar-refractivity contribution is 0.415. The topological polar surface area (TPSA) is 71.5 Å². The van der Waals surface area contributed by atoms with E-state index in [1.165, 1.54) is 6.07 Å². The first-order chi connectivity index (χ1) is 11.6. The minimum atomic E-state index is -2.17. The minimum Gasteiger partial charge on any atom is -0.497 e. The van der Waals surface area contributed by atoms with Crippen LogP contribution in [0.5, 0.6) is 5.75 Å². The summed E-state index contributed by atoms with van der Waals surface area (Å²) in [6.07, 6.45) is 1.67. The first-order valence-electron chi connectivity index (χ1n) is 7.14. The number of benzene rings is 2. The third-order valence-electron chi connectivity index (χ3n) is 3.70. The van der Waals surface area contributed by atoms with E-state index in [-0.39, 0.29) is 6.54 Å². The highest BCUT2D eigenvalue weighted by molar-refractivity contribution is 7.77. The molecule has 0 saturated heterocycles. The monoisotopic (exact) mass is 346 g/mol. The summed E-state index contributed by atoms with van der Waals surface area (Å²) >= 11 is -2.17. The number of nitrogens with zero attached hydrogens (tertiary/aromatic N) is 1. The Morgan fingerprint density at radius 1 is 1.25 bits per heavy atom. The Morgan fingerprint density at radius 3 is 2.79 bits per heavy atom. The van der Waals surface area contributed by atoms with Crippen LogP contribution in [0.25, 0.3) is 22.0 Å². The van der Waals surface area contributed by atoms with E-state index in [0.717, 1.165) is 16.5 Å². The Balaban J connectivity index is 2.01. The summed E-state index contributed by atoms with van der Waals surface area (Å²) in [5, 5.41) is 0.889. The highest BCUT2D eigenvalue weighted by Crippen LogP contribution is 2.30. The predicted octanol–water partition coefficient (Wildman–Crippen LogP) is 3.28. The Kier molecular flexibility index (Phi) is 4.84. The summed E-state index contributed by atoms with van der Waals surface area (Å²) in [5.74, 6) is 0.265. The van der Waals surface area contributed by atoms with E-state index in [4.69, 9.17) is 9.29 Å². The maximum atomic E-state index is 14.2. The van der Waals surface area contributed by atoms with Gasteiger partial charge in [0.05, 0.1) is 12.6 Å². The summed E-state index contributed by atoms with van der Waals surface area (Å²) in [4.78, 5) is 4.32. The van der Waals surface area contributed by atoms with Gasteiger partial charge in [-0.2, -0.15) is 0 Å². The zero-order valence-corrected chi connectivity index (χ0v) is 13.6. The molecule has 5 nitrogen and oxygen atoms in total. The fourth-order valence-corrected chi connectivity index (χ4v) is 2.78. The maximum Gasteiger partial charge on any atom is 0.232 e. The second-order valence-electron chi connectivity index (χ2n) is 5.12. The van der Waals surface area contributed by atoms with Crippen LogP contribution in [0.4, 0.5) is 4.39 Å². The summed E-state index contributed by atoms with van der Waals surface area (Å²) in [6.45, 7) is -0.0243. The molecule has 3 rings (SSSR count). The smallest absolute Gasteiger partial charge is 0.232 e. The molecular weight excluding hydrogens is 331 g/mol. The van der Waals surface area contributed by atoms with Crippen LogP contribution in [0.1, 0.15) is 5.56 Å². The van der Waals surface area contributed by atoms with E-state index >= 15 is 0 Å². The van der Waals surface area contributed by atoms with E-state index in [2.05, 4.69) is 9.71 Å². The van der Waals surface area contributed by atoms with E-state index in [1.807, 2.05) is 24.3 Å². The first kappa shape index (κ1) is 16.5. The van der Waals surface area contributed by atoms with Crippen LogP contribution in [0.15, 0.2) is 48.7 Å². The molecule has 3 aromatic rings. The highest BCUT2D eigenvalue weighted by Gasteiger charge is 2.09. The standard InChI is InChI=1S/C17H15FN2O3S/c1-23-13-4-5-15-14(6-7-19-17(15)9-13)11-2-3-12(16(18)8-11)10-20-24(21)22/h2-9,20H,10H2,1H3,(H,21,22). The van der Waals surface area contributed by atoms with Gasteiger partial charge in [-0.1, -0.05) is 12.1 Å². The van der Waals surface area contributed by atoms with Crippen LogP contribution < -0.4 is 9.46 Å². The van der Waals surface area contributed by atoms with Crippen molar-refractivity contribution in [2.24, 2.45) is 0 Å². The van der Waals surface area contributed by atoms with Gasteiger partial charge >= 0.3 is 0 Å². The summed E-state index contributed by atoms with van der Waals surface area (Å²) in [5.41, 5.74) is 2.64. The lowest BCUT2D eigenvalue weighted by Gasteiger charge is -2.10. The summed E-state index contributed by atoms with van der Waals surface area (Å²) in [7, 11) is 1.59. The van der Waals surface area contributed by atoms with Crippen LogP contribution in [0.2, 0.25) is 0 Å². The Bertz CT molecular complexity index is 917. The van der Waals surface area contributed by atoms with Crippen molar-refractivity contribution >= 4 is 22.2 Å². The molecule has 0 saturated carbocycles. The van der Waals surface area contributed by atoms with Crippen LogP contribution in [-0.4, -0.2) is 20.9 Å². The van der Waals surface area contributed by atoms with Crippen molar-refractivity contribution in [3.8, 4) is 16.9 Å². The van der Waals surface area contributed by atoms with Crippen molar-refractivity contribution in [1.82, 2.24) is 9.71 Å². The third kappa shape index (κ3) is 3.43. The second kappa shape index (κ2) is 7.04. The molecule has 0 amide bonds. The molecule has 1 unspecified atom stereocenters. The normalized spacial score (nSPS) is 12.3. The molecule has 1 aromatic heterocycles. The van der Waals surface area contributed by atoms with Gasteiger partial charge < -0.3 is 4.74 Å². The van der Waals surface area contributed by atoms with Crippen molar-refractivity contribution in [2.75, 3.05) is 7.11 Å². The quantitative estimate of drug-likeness (QED) is 0.696. The van der Waals surface area contributed by atoms with Crippen LogP contribution >= 0.6 is 0 Å². The third-order valence-corrected chi connectivity index (χ3v) is 4.09. The molecule has 0 spiro atoms. The number of aromatic nitrogens is 1. The summed E-state index contributed by atoms with van der Waals surface area (Å²) in [6, 6.07) is 12.2. The molecule has 1 atom stereocenters. The molecule has 7 heteroatoms. The van der Waals surface area contributed by atoms with E-state index in [0.29, 0.717) is 16.9 Å². The van der Waals surface area contributed by atoms with Crippen molar-refractivity contribution in [3.63, 3.8) is 0 Å². The molecule has 0 aliphatic rings. The number of halogens is 1. The van der Waals surface area contributed by atoms with Crippen molar-refractivity contribution < 1.29 is 17.9 Å². The zero-order chi connectivity index (χ0) is 17.1.